The van der Waals surface area contributed by atoms with Crippen molar-refractivity contribution in [3.63, 3.8) is 0 Å². The molecule has 5 heavy (non-hydrogen) atoms. The van der Waals surface area contributed by atoms with E-state index in [0.717, 1.165) is 0 Å². The molecular weight excluding hydrogens is 66.8 g/mol. The summed E-state index contributed by atoms with van der Waals surface area (Å²) in [6.07, 6.45) is 0. The Balaban J connectivity index is 0. The molecule has 0 saturated carbocycles. The van der Waals surface area contributed by atoms with Gasteiger partial charge in [0.1, 0.15) is 0 Å². The molecule has 3 heteroatoms. The van der Waals surface area contributed by atoms with Crippen molar-refractivity contribution in [3.05, 3.63) is 0 Å². The number of hydrogen-bond donors (Lipinski definition) is 0. The number of carbonyl (C=O) groups is 1. The third-order valence-corrected chi connectivity index (χ3v) is 0.287. The molecule has 0 aliphatic rings. The van der Waals surface area contributed by atoms with Crippen molar-refractivity contribution in [2.24, 2.45) is 0 Å². The molecule has 0 radical (unpaired) electrons. The average molecular weight is 72.9 g/mol. The molecule has 0 aliphatic heterocycles. The van der Waals surface area contributed by atoms with Gasteiger partial charge in [-0.25, -0.2) is 0 Å². The van der Waals surface area contributed by atoms with Crippen LogP contribution in [0.2, 0.25) is 0 Å². The van der Waals surface area contributed by atoms with Crippen LogP contribution in [0, 0.1) is 0 Å². The highest BCUT2D eigenvalue weighted by Crippen LogP contribution is 1.58. The first-order valence-corrected chi connectivity index (χ1v) is 1.32. The Labute approximate surface area is 33.1 Å². The molecule has 0 N–H and O–H groups in total. The molecule has 0 saturated heterocycles. The van der Waals surface area contributed by atoms with Gasteiger partial charge in [0.2, 0.25) is 0 Å². The third kappa shape index (κ3) is 3.53. The predicted molar refractivity (Wildman–Crippen MR) is 21.4 cm³/mol. The van der Waals surface area contributed by atoms with Gasteiger partial charge < -0.3 is 4.65 Å². The molecule has 0 unspecified atom stereocenters. The van der Waals surface area contributed by atoms with Gasteiger partial charge in [-0.2, -0.15) is 0 Å². The van der Waals surface area contributed by atoms with Crippen LogP contribution in [-0.2, 0) is 9.45 Å². The minimum absolute atomic E-state index is 0. The van der Waals surface area contributed by atoms with E-state index in [1.165, 1.54) is 15.0 Å². The number of hydrogen-bond acceptors (Lipinski definition) is 2. The minimum atomic E-state index is -0.245. The smallest absolute Gasteiger partial charge is 0.544 e. The summed E-state index contributed by atoms with van der Waals surface area (Å²) in [4.78, 5) is 9.59. The highest BCUT2D eigenvalue weighted by atomic mass is 16.5. The molecule has 0 spiro atoms. The van der Waals surface area contributed by atoms with Gasteiger partial charge in [-0.3, -0.25) is 4.79 Å². The molecule has 28 valence electrons. The number of rotatable bonds is 0. The summed E-state index contributed by atoms with van der Waals surface area (Å²) >= 11 is 0. The van der Waals surface area contributed by atoms with E-state index < -0.39 is 0 Å². The minimum Gasteiger partial charge on any atom is -0.544 e. The highest BCUT2D eigenvalue weighted by molar-refractivity contribution is 6.04. The summed E-state index contributed by atoms with van der Waals surface area (Å²) in [5, 5.41) is 0. The first-order chi connectivity index (χ1) is 2.27. The van der Waals surface area contributed by atoms with Crippen LogP contribution in [0.4, 0.5) is 0 Å². The van der Waals surface area contributed by atoms with Crippen LogP contribution in [0.15, 0.2) is 0 Å². The molecule has 0 aromatic heterocycles. The van der Waals surface area contributed by atoms with Gasteiger partial charge in [0.25, 0.3) is 5.97 Å². The van der Waals surface area contributed by atoms with Crippen molar-refractivity contribution in [1.29, 1.82) is 0 Å². The predicted octanol–water partition coefficient (Wildman–Crippen LogP) is -0.790. The van der Waals surface area contributed by atoms with Gasteiger partial charge in [-0.1, -0.05) is 0 Å². The maximum Gasteiger partial charge on any atom is 1.00 e. The van der Waals surface area contributed by atoms with E-state index in [1.54, 1.807) is 0 Å². The van der Waals surface area contributed by atoms with Crippen molar-refractivity contribution < 1.29 is 10.9 Å². The fourth-order valence-corrected chi connectivity index (χ4v) is 0. The van der Waals surface area contributed by atoms with Gasteiger partial charge in [0.05, 0.1) is 0 Å². The van der Waals surface area contributed by atoms with Crippen LogP contribution >= 0.6 is 0 Å². The molecule has 0 atom stereocenters. The SMILES string of the molecule is BOC(C)=O.[H+]. The van der Waals surface area contributed by atoms with E-state index in [4.69, 9.17) is 0 Å². The zero-order valence-electron chi connectivity index (χ0n) is 4.32. The molecule has 0 aliphatic carbocycles. The standard InChI is InChI=1S/C2H5BO2/c1-2(4)5-3/h3H2,1H3/p+1. The topological polar surface area (TPSA) is 26.3 Å². The molecule has 0 fully saturated rings. The first-order valence-electron chi connectivity index (χ1n) is 1.32. The summed E-state index contributed by atoms with van der Waals surface area (Å²) < 4.78 is 4.11. The summed E-state index contributed by atoms with van der Waals surface area (Å²) in [5.74, 6) is -0.245. The second-order valence-electron chi connectivity index (χ2n) is 0.696. The van der Waals surface area contributed by atoms with Crippen molar-refractivity contribution >= 4 is 14.0 Å². The van der Waals surface area contributed by atoms with Crippen molar-refractivity contribution in [3.8, 4) is 0 Å². The maximum absolute atomic E-state index is 9.59. The zero-order valence-corrected chi connectivity index (χ0v) is 3.32. The van der Waals surface area contributed by atoms with Crippen LogP contribution in [-0.4, -0.2) is 14.0 Å². The van der Waals surface area contributed by atoms with Crippen molar-refractivity contribution in [2.75, 3.05) is 0 Å². The average Bonchev–Trinajstić information content (AvgIpc) is 1.38. The van der Waals surface area contributed by atoms with Crippen LogP contribution in [0.1, 0.15) is 8.35 Å². The van der Waals surface area contributed by atoms with E-state index >= 15 is 0 Å². The largest absolute Gasteiger partial charge is 1.00 e. The Morgan fingerprint density at radius 2 is 2.40 bits per heavy atom. The Morgan fingerprint density at radius 1 is 2.20 bits per heavy atom. The lowest BCUT2D eigenvalue weighted by molar-refractivity contribution is -0.131. The quantitative estimate of drug-likeness (QED) is 0.351. The summed E-state index contributed by atoms with van der Waals surface area (Å²) in [6.45, 7) is 1.36. The highest BCUT2D eigenvalue weighted by Gasteiger charge is 1.75. The summed E-state index contributed by atoms with van der Waals surface area (Å²) in [5.41, 5.74) is 0. The summed E-state index contributed by atoms with van der Waals surface area (Å²) in [6, 6.07) is 0. The van der Waals surface area contributed by atoms with Crippen molar-refractivity contribution in [2.45, 2.75) is 6.92 Å². The Bertz CT molecular complexity index is 46.8. The lowest BCUT2D eigenvalue weighted by Crippen LogP contribution is -1.90. The molecule has 0 amide bonds. The van der Waals surface area contributed by atoms with Crippen LogP contribution < -0.4 is 0 Å². The Morgan fingerprint density at radius 3 is 2.40 bits per heavy atom. The van der Waals surface area contributed by atoms with Crippen molar-refractivity contribution in [1.82, 2.24) is 0 Å². The lowest BCUT2D eigenvalue weighted by Gasteiger charge is -1.82. The lowest BCUT2D eigenvalue weighted by atomic mass is 10.6. The van der Waals surface area contributed by atoms with Gasteiger partial charge in [-0.15, -0.1) is 0 Å². The molecule has 0 heterocycles. The normalized spacial score (nSPS) is 6.60. The fraction of sp³-hybridized carbons (Fsp3) is 0.500. The van der Waals surface area contributed by atoms with Crippen LogP contribution in [0.3, 0.4) is 0 Å². The fourth-order valence-electron chi connectivity index (χ4n) is 0. The molecule has 0 aromatic carbocycles. The molecule has 0 rings (SSSR count). The monoisotopic (exact) mass is 73.0 g/mol. The molecular formula is C2H6BO2+. The second kappa shape index (κ2) is 1.82. The first kappa shape index (κ1) is 4.53. The van der Waals surface area contributed by atoms with E-state index in [9.17, 15) is 4.79 Å². The molecule has 2 nitrogen and oxygen atoms in total. The Hall–Kier alpha value is -0.465. The summed E-state index contributed by atoms with van der Waals surface area (Å²) in [7, 11) is 1.35. The van der Waals surface area contributed by atoms with E-state index in [2.05, 4.69) is 4.65 Å². The molecule has 0 bridgehead atoms. The van der Waals surface area contributed by atoms with E-state index in [-0.39, 0.29) is 7.40 Å². The third-order valence-electron chi connectivity index (χ3n) is 0.287. The van der Waals surface area contributed by atoms with Gasteiger partial charge >= 0.3 is 9.48 Å². The van der Waals surface area contributed by atoms with E-state index in [1.807, 2.05) is 0 Å². The van der Waals surface area contributed by atoms with Gasteiger partial charge in [0, 0.05) is 6.92 Å². The zero-order chi connectivity index (χ0) is 4.28. The van der Waals surface area contributed by atoms with E-state index in [0.29, 0.717) is 0 Å². The van der Waals surface area contributed by atoms with Crippen LogP contribution in [0.25, 0.3) is 0 Å². The number of carbonyl (C=O) groups excluding carboxylic acids is 1. The second-order valence-corrected chi connectivity index (χ2v) is 0.696. The molecule has 0 aromatic rings. The van der Waals surface area contributed by atoms with Crippen LogP contribution in [0.5, 0.6) is 0 Å². The maximum atomic E-state index is 9.59. The van der Waals surface area contributed by atoms with Gasteiger partial charge in [0.15, 0.2) is 0 Å². The van der Waals surface area contributed by atoms with Gasteiger partial charge in [-0.05, 0) is 0 Å². The Kier molecular flexibility index (Phi) is 1.65.